The second-order valence-electron chi connectivity index (χ2n) is 3.08. The van der Waals surface area contributed by atoms with Gasteiger partial charge < -0.3 is 4.74 Å². The normalized spacial score (nSPS) is 30.0. The maximum Gasteiger partial charge on any atom is 0.351 e. The summed E-state index contributed by atoms with van der Waals surface area (Å²) in [5.74, 6) is -0.0244. The molecule has 10 heavy (non-hydrogen) atoms. The Hall–Kier alpha value is -0.530. The number of rotatable bonds is 4. The van der Waals surface area contributed by atoms with E-state index < -0.39 is 0 Å². The Balaban J connectivity index is 2.09. The van der Waals surface area contributed by atoms with Gasteiger partial charge in [-0.1, -0.05) is 19.8 Å². The van der Waals surface area contributed by atoms with Gasteiger partial charge in [-0.15, -0.1) is 0 Å². The molecule has 0 N–H and O–H groups in total. The van der Waals surface area contributed by atoms with Gasteiger partial charge in [-0.2, -0.15) is 0 Å². The highest BCUT2D eigenvalue weighted by Crippen LogP contribution is 2.33. The minimum absolute atomic E-state index is 0.0244. The standard InChI is InChI=1S/C8H14O2/c1-3-4-5-6-8(2)7(9)10-8/h3-6H2,1-2H3/t8-/m0/s1. The van der Waals surface area contributed by atoms with E-state index in [0.29, 0.717) is 0 Å². The molecule has 1 aliphatic rings. The first-order valence-corrected chi connectivity index (χ1v) is 3.92. The molecule has 1 aliphatic heterocycles. The quantitative estimate of drug-likeness (QED) is 0.443. The second-order valence-corrected chi connectivity index (χ2v) is 3.08. The van der Waals surface area contributed by atoms with Gasteiger partial charge in [-0.3, -0.25) is 0 Å². The minimum Gasteiger partial charge on any atom is -0.444 e. The highest BCUT2D eigenvalue weighted by Gasteiger charge is 2.52. The molecule has 0 aromatic rings. The van der Waals surface area contributed by atoms with Crippen LogP contribution in [0.25, 0.3) is 0 Å². The monoisotopic (exact) mass is 142 g/mol. The molecule has 58 valence electrons. The lowest BCUT2D eigenvalue weighted by Gasteiger charge is -1.98. The van der Waals surface area contributed by atoms with Crippen LogP contribution in [0.2, 0.25) is 0 Å². The molecule has 1 heterocycles. The summed E-state index contributed by atoms with van der Waals surface area (Å²) in [6.07, 6.45) is 4.41. The van der Waals surface area contributed by atoms with Crippen LogP contribution in [0, 0.1) is 0 Å². The third-order valence-electron chi connectivity index (χ3n) is 1.97. The summed E-state index contributed by atoms with van der Waals surface area (Å²) in [6.45, 7) is 4.02. The molecule has 0 bridgehead atoms. The molecule has 2 nitrogen and oxygen atoms in total. The van der Waals surface area contributed by atoms with Crippen molar-refractivity contribution in [1.82, 2.24) is 0 Å². The van der Waals surface area contributed by atoms with Crippen LogP contribution >= 0.6 is 0 Å². The Morgan fingerprint density at radius 1 is 1.50 bits per heavy atom. The van der Waals surface area contributed by atoms with Gasteiger partial charge in [0.2, 0.25) is 5.60 Å². The summed E-state index contributed by atoms with van der Waals surface area (Å²) in [6, 6.07) is 0. The Morgan fingerprint density at radius 3 is 2.50 bits per heavy atom. The molecule has 0 aliphatic carbocycles. The van der Waals surface area contributed by atoms with Crippen molar-refractivity contribution >= 4 is 5.97 Å². The molecule has 0 aromatic heterocycles. The maximum absolute atomic E-state index is 10.6. The summed E-state index contributed by atoms with van der Waals surface area (Å²) in [5, 5.41) is 0. The first kappa shape index (κ1) is 7.58. The van der Waals surface area contributed by atoms with Crippen LogP contribution < -0.4 is 0 Å². The van der Waals surface area contributed by atoms with Gasteiger partial charge in [0.05, 0.1) is 0 Å². The topological polar surface area (TPSA) is 29.6 Å². The van der Waals surface area contributed by atoms with Crippen LogP contribution in [0.1, 0.15) is 39.5 Å². The number of ether oxygens (including phenoxy) is 1. The highest BCUT2D eigenvalue weighted by molar-refractivity contribution is 5.92. The fraction of sp³-hybridized carbons (Fsp3) is 0.875. The van der Waals surface area contributed by atoms with E-state index in [1.165, 1.54) is 12.8 Å². The molecule has 1 saturated heterocycles. The van der Waals surface area contributed by atoms with Crippen molar-refractivity contribution < 1.29 is 9.53 Å². The van der Waals surface area contributed by atoms with Crippen molar-refractivity contribution in [3.8, 4) is 0 Å². The van der Waals surface area contributed by atoms with E-state index in [0.717, 1.165) is 12.8 Å². The van der Waals surface area contributed by atoms with Crippen molar-refractivity contribution in [2.45, 2.75) is 45.1 Å². The Kier molecular flexibility index (Phi) is 1.97. The van der Waals surface area contributed by atoms with Gasteiger partial charge in [0, 0.05) is 0 Å². The molecular weight excluding hydrogens is 128 g/mol. The van der Waals surface area contributed by atoms with E-state index in [2.05, 4.69) is 6.92 Å². The van der Waals surface area contributed by atoms with Gasteiger partial charge in [-0.25, -0.2) is 4.79 Å². The van der Waals surface area contributed by atoms with Gasteiger partial charge in [0.1, 0.15) is 0 Å². The van der Waals surface area contributed by atoms with Gasteiger partial charge in [0.15, 0.2) is 0 Å². The van der Waals surface area contributed by atoms with Crippen molar-refractivity contribution in [2.24, 2.45) is 0 Å². The number of carbonyl (C=O) groups excluding carboxylic acids is 1. The molecule has 0 radical (unpaired) electrons. The molecule has 0 unspecified atom stereocenters. The Bertz CT molecular complexity index is 142. The van der Waals surface area contributed by atoms with E-state index in [4.69, 9.17) is 4.74 Å². The SMILES string of the molecule is CCCCC[C@]1(C)OC1=O. The fourth-order valence-electron chi connectivity index (χ4n) is 1.04. The third-order valence-corrected chi connectivity index (χ3v) is 1.97. The lowest BCUT2D eigenvalue weighted by atomic mass is 10.0. The largest absolute Gasteiger partial charge is 0.444 e. The lowest BCUT2D eigenvalue weighted by Crippen LogP contribution is -2.05. The first-order valence-electron chi connectivity index (χ1n) is 3.92. The van der Waals surface area contributed by atoms with Crippen LogP contribution in [-0.2, 0) is 9.53 Å². The lowest BCUT2D eigenvalue weighted by molar-refractivity contribution is -0.117. The number of epoxide rings is 1. The van der Waals surface area contributed by atoms with Crippen molar-refractivity contribution in [3.63, 3.8) is 0 Å². The van der Waals surface area contributed by atoms with E-state index in [9.17, 15) is 4.79 Å². The zero-order valence-corrected chi connectivity index (χ0v) is 6.64. The molecular formula is C8H14O2. The number of hydrogen-bond acceptors (Lipinski definition) is 2. The Morgan fingerprint density at radius 2 is 2.10 bits per heavy atom. The average Bonchev–Trinajstić information content (AvgIpc) is 2.42. The summed E-state index contributed by atoms with van der Waals surface area (Å²) < 4.78 is 4.81. The molecule has 1 rings (SSSR count). The van der Waals surface area contributed by atoms with Crippen molar-refractivity contribution in [2.75, 3.05) is 0 Å². The number of unbranched alkanes of at least 4 members (excludes halogenated alkanes) is 2. The van der Waals surface area contributed by atoms with Gasteiger partial charge in [0.25, 0.3) is 0 Å². The van der Waals surface area contributed by atoms with E-state index >= 15 is 0 Å². The van der Waals surface area contributed by atoms with Crippen molar-refractivity contribution in [3.05, 3.63) is 0 Å². The van der Waals surface area contributed by atoms with E-state index in [1.807, 2.05) is 6.92 Å². The zero-order valence-electron chi connectivity index (χ0n) is 6.64. The van der Waals surface area contributed by atoms with E-state index in [1.54, 1.807) is 0 Å². The Labute approximate surface area is 61.6 Å². The number of carbonyl (C=O) groups is 1. The number of hydrogen-bond donors (Lipinski definition) is 0. The first-order chi connectivity index (χ1) is 4.69. The molecule has 0 saturated carbocycles. The third kappa shape index (κ3) is 1.49. The average molecular weight is 142 g/mol. The number of cyclic esters (lactones) is 1. The molecule has 0 amide bonds. The van der Waals surface area contributed by atoms with Crippen LogP contribution in [0.15, 0.2) is 0 Å². The summed E-state index contributed by atoms with van der Waals surface area (Å²) in [4.78, 5) is 10.6. The van der Waals surface area contributed by atoms with Crippen LogP contribution in [0.3, 0.4) is 0 Å². The van der Waals surface area contributed by atoms with Gasteiger partial charge >= 0.3 is 5.97 Å². The summed E-state index contributed by atoms with van der Waals surface area (Å²) >= 11 is 0. The van der Waals surface area contributed by atoms with Crippen LogP contribution in [0.4, 0.5) is 0 Å². The maximum atomic E-state index is 10.6. The predicted molar refractivity (Wildman–Crippen MR) is 38.6 cm³/mol. The molecule has 1 atom stereocenters. The molecule has 0 aromatic carbocycles. The smallest absolute Gasteiger partial charge is 0.351 e. The van der Waals surface area contributed by atoms with E-state index in [-0.39, 0.29) is 11.6 Å². The molecule has 0 spiro atoms. The minimum atomic E-state index is -0.380. The highest BCUT2D eigenvalue weighted by atomic mass is 16.7. The zero-order chi connectivity index (χ0) is 7.61. The summed E-state index contributed by atoms with van der Waals surface area (Å²) in [5.41, 5.74) is -0.380. The predicted octanol–water partition coefficient (Wildman–Crippen LogP) is 1.88. The molecule has 1 fully saturated rings. The van der Waals surface area contributed by atoms with Crippen LogP contribution in [-0.4, -0.2) is 11.6 Å². The fourth-order valence-corrected chi connectivity index (χ4v) is 1.04. The van der Waals surface area contributed by atoms with Crippen molar-refractivity contribution in [1.29, 1.82) is 0 Å². The molecule has 2 heteroatoms. The van der Waals surface area contributed by atoms with Crippen LogP contribution in [0.5, 0.6) is 0 Å². The second kappa shape index (κ2) is 2.60. The summed E-state index contributed by atoms with van der Waals surface area (Å²) in [7, 11) is 0. The van der Waals surface area contributed by atoms with Gasteiger partial charge in [-0.05, 0) is 19.8 Å².